The molecule has 1 rings (SSSR count). The molecule has 12 heavy (non-hydrogen) atoms. The first-order valence-corrected chi connectivity index (χ1v) is 4.45. The fraction of sp³-hybridized carbons (Fsp3) is 0.857. The van der Waals surface area contributed by atoms with Crippen molar-refractivity contribution in [1.29, 1.82) is 0 Å². The van der Waals surface area contributed by atoms with Gasteiger partial charge in [0.2, 0.25) is 0 Å². The van der Waals surface area contributed by atoms with Crippen molar-refractivity contribution in [2.75, 3.05) is 26.3 Å². The van der Waals surface area contributed by atoms with Crippen LogP contribution >= 0.6 is 9.47 Å². The molecule has 2 atom stereocenters. The topological polar surface area (TPSA) is 38.8 Å². The number of rotatable bonds is 2. The molecule has 1 aliphatic rings. The zero-order chi connectivity index (χ0) is 8.97. The minimum atomic E-state index is -0.368. The highest BCUT2D eigenvalue weighted by atomic mass is 31.0. The van der Waals surface area contributed by atoms with Crippen LogP contribution in [0.15, 0.2) is 0 Å². The van der Waals surface area contributed by atoms with Gasteiger partial charge in [0, 0.05) is 22.6 Å². The van der Waals surface area contributed by atoms with E-state index in [9.17, 15) is 4.79 Å². The lowest BCUT2D eigenvalue weighted by Crippen LogP contribution is -2.44. The molecular formula is C7H14NO3P. The Balaban J connectivity index is 2.39. The van der Waals surface area contributed by atoms with E-state index in [0.717, 1.165) is 0 Å². The summed E-state index contributed by atoms with van der Waals surface area (Å²) in [5.41, 5.74) is 0. The molecule has 0 radical (unpaired) electrons. The summed E-state index contributed by atoms with van der Waals surface area (Å²) in [5, 5.41) is 0. The number of carbonyl (C=O) groups is 1. The van der Waals surface area contributed by atoms with Crippen LogP contribution in [0, 0.1) is 0 Å². The van der Waals surface area contributed by atoms with Gasteiger partial charge in [-0.1, -0.05) is 0 Å². The number of morpholine rings is 1. The van der Waals surface area contributed by atoms with Crippen molar-refractivity contribution in [2.24, 2.45) is 0 Å². The largest absolute Gasteiger partial charge is 0.378 e. The third kappa shape index (κ3) is 2.41. The van der Waals surface area contributed by atoms with Gasteiger partial charge in [0.05, 0.1) is 13.2 Å². The maximum absolute atomic E-state index is 11.5. The van der Waals surface area contributed by atoms with Crippen LogP contribution in [-0.2, 0) is 14.1 Å². The van der Waals surface area contributed by atoms with Gasteiger partial charge in [-0.25, -0.2) is 0 Å². The predicted octanol–water partition coefficient (Wildman–Crippen LogP) is 0.0404. The zero-order valence-electron chi connectivity index (χ0n) is 7.16. The van der Waals surface area contributed by atoms with Crippen LogP contribution in [0.5, 0.6) is 0 Å². The lowest BCUT2D eigenvalue weighted by molar-refractivity contribution is -0.141. The van der Waals surface area contributed by atoms with Gasteiger partial charge in [-0.15, -0.1) is 0 Å². The molecule has 0 saturated carbocycles. The van der Waals surface area contributed by atoms with Gasteiger partial charge in [0.1, 0.15) is 6.10 Å². The van der Waals surface area contributed by atoms with Crippen molar-refractivity contribution in [2.45, 2.75) is 13.0 Å². The molecule has 5 heteroatoms. The van der Waals surface area contributed by atoms with Crippen LogP contribution in [0.2, 0.25) is 0 Å². The van der Waals surface area contributed by atoms with Crippen molar-refractivity contribution in [3.8, 4) is 0 Å². The molecule has 1 heterocycles. The van der Waals surface area contributed by atoms with Crippen molar-refractivity contribution >= 4 is 15.4 Å². The molecule has 4 nitrogen and oxygen atoms in total. The predicted molar refractivity (Wildman–Crippen MR) is 47.7 cm³/mol. The highest BCUT2D eigenvalue weighted by molar-refractivity contribution is 7.09. The van der Waals surface area contributed by atoms with Crippen LogP contribution in [0.3, 0.4) is 0 Å². The fourth-order valence-corrected chi connectivity index (χ4v) is 1.22. The van der Waals surface area contributed by atoms with E-state index in [1.807, 2.05) is 0 Å². The Kier molecular flexibility index (Phi) is 3.92. The molecule has 0 spiro atoms. The lowest BCUT2D eigenvalue weighted by Gasteiger charge is -2.28. The number of carbonyl (C=O) groups excluding carboxylic acids is 1. The summed E-state index contributed by atoms with van der Waals surface area (Å²) in [4.78, 5) is 13.2. The molecule has 0 aromatic heterocycles. The summed E-state index contributed by atoms with van der Waals surface area (Å²) < 4.78 is 9.97. The van der Waals surface area contributed by atoms with Gasteiger partial charge in [-0.05, 0) is 6.92 Å². The molecule has 1 aliphatic heterocycles. The Morgan fingerprint density at radius 2 is 2.17 bits per heavy atom. The third-order valence-corrected chi connectivity index (χ3v) is 2.28. The van der Waals surface area contributed by atoms with Crippen LogP contribution in [0.25, 0.3) is 0 Å². The minimum absolute atomic E-state index is 0.0355. The summed E-state index contributed by atoms with van der Waals surface area (Å²) in [6.45, 7) is 4.36. The van der Waals surface area contributed by atoms with E-state index in [4.69, 9.17) is 9.26 Å². The SMILES string of the molecule is CC(OP)C(=O)N1CCOCC1. The number of hydrogen-bond donors (Lipinski definition) is 0. The summed E-state index contributed by atoms with van der Waals surface area (Å²) in [6.07, 6.45) is -0.368. The van der Waals surface area contributed by atoms with Crippen molar-refractivity contribution in [1.82, 2.24) is 4.90 Å². The molecule has 0 bridgehead atoms. The molecule has 0 aromatic carbocycles. The monoisotopic (exact) mass is 191 g/mol. The van der Waals surface area contributed by atoms with E-state index >= 15 is 0 Å². The Hall–Kier alpha value is -0.180. The first kappa shape index (κ1) is 9.90. The van der Waals surface area contributed by atoms with E-state index in [0.29, 0.717) is 26.3 Å². The van der Waals surface area contributed by atoms with Crippen molar-refractivity contribution in [3.05, 3.63) is 0 Å². The fourth-order valence-electron chi connectivity index (χ4n) is 1.10. The van der Waals surface area contributed by atoms with Crippen molar-refractivity contribution < 1.29 is 14.1 Å². The second-order valence-electron chi connectivity index (χ2n) is 2.72. The molecule has 2 unspecified atom stereocenters. The number of nitrogens with zero attached hydrogens (tertiary/aromatic N) is 1. The van der Waals surface area contributed by atoms with Crippen LogP contribution in [-0.4, -0.2) is 43.2 Å². The highest BCUT2D eigenvalue weighted by Crippen LogP contribution is 2.05. The Morgan fingerprint density at radius 3 is 2.67 bits per heavy atom. The summed E-state index contributed by atoms with van der Waals surface area (Å²) in [6, 6.07) is 0. The second kappa shape index (κ2) is 4.75. The number of amides is 1. The molecular weight excluding hydrogens is 177 g/mol. The average molecular weight is 191 g/mol. The van der Waals surface area contributed by atoms with Crippen LogP contribution in [0.1, 0.15) is 6.92 Å². The van der Waals surface area contributed by atoms with Gasteiger partial charge in [0.25, 0.3) is 5.91 Å². The quantitative estimate of drug-likeness (QED) is 0.578. The second-order valence-corrected chi connectivity index (χ2v) is 2.99. The van der Waals surface area contributed by atoms with E-state index in [1.54, 1.807) is 11.8 Å². The molecule has 0 N–H and O–H groups in total. The van der Waals surface area contributed by atoms with Crippen LogP contribution in [0.4, 0.5) is 0 Å². The summed E-state index contributed by atoms with van der Waals surface area (Å²) >= 11 is 0. The Morgan fingerprint density at radius 1 is 1.58 bits per heavy atom. The van der Waals surface area contributed by atoms with Crippen LogP contribution < -0.4 is 0 Å². The third-order valence-electron chi connectivity index (χ3n) is 1.87. The van der Waals surface area contributed by atoms with E-state index < -0.39 is 0 Å². The molecule has 1 saturated heterocycles. The minimum Gasteiger partial charge on any atom is -0.378 e. The standard InChI is InChI=1S/C7H14NO3P/c1-6(11-12)7(9)8-2-4-10-5-3-8/h6H,2-5,12H2,1H3. The first-order valence-electron chi connectivity index (χ1n) is 3.97. The van der Waals surface area contributed by atoms with Gasteiger partial charge in [0.15, 0.2) is 0 Å². The van der Waals surface area contributed by atoms with Gasteiger partial charge in [-0.3, -0.25) is 4.79 Å². The average Bonchev–Trinajstić information content (AvgIpc) is 2.17. The lowest BCUT2D eigenvalue weighted by atomic mass is 10.3. The number of hydrogen-bond acceptors (Lipinski definition) is 3. The zero-order valence-corrected chi connectivity index (χ0v) is 8.31. The highest BCUT2D eigenvalue weighted by Gasteiger charge is 2.21. The molecule has 1 fully saturated rings. The maximum atomic E-state index is 11.5. The van der Waals surface area contributed by atoms with Crippen molar-refractivity contribution in [3.63, 3.8) is 0 Å². The normalized spacial score (nSPS) is 20.7. The molecule has 0 aliphatic carbocycles. The van der Waals surface area contributed by atoms with E-state index in [2.05, 4.69) is 9.47 Å². The Bertz CT molecular complexity index is 159. The smallest absolute Gasteiger partial charge is 0.251 e. The summed E-state index contributed by atoms with van der Waals surface area (Å²) in [7, 11) is 2.10. The molecule has 1 amide bonds. The molecule has 70 valence electrons. The van der Waals surface area contributed by atoms with E-state index in [1.165, 1.54) is 0 Å². The van der Waals surface area contributed by atoms with E-state index in [-0.39, 0.29) is 12.0 Å². The summed E-state index contributed by atoms with van der Waals surface area (Å²) in [5.74, 6) is 0.0355. The number of ether oxygens (including phenoxy) is 1. The first-order chi connectivity index (χ1) is 5.75. The van der Waals surface area contributed by atoms with Gasteiger partial charge < -0.3 is 14.2 Å². The molecule has 0 aromatic rings. The Labute approximate surface area is 74.5 Å². The maximum Gasteiger partial charge on any atom is 0.251 e. The van der Waals surface area contributed by atoms with Gasteiger partial charge in [-0.2, -0.15) is 0 Å². The van der Waals surface area contributed by atoms with Gasteiger partial charge >= 0.3 is 0 Å².